The van der Waals surface area contributed by atoms with Gasteiger partial charge in [-0.3, -0.25) is 14.8 Å². The summed E-state index contributed by atoms with van der Waals surface area (Å²) in [6.45, 7) is 0.193. The Morgan fingerprint density at radius 2 is 1.71 bits per heavy atom. The second-order valence-corrected chi connectivity index (χ2v) is 5.90. The standard InChI is InChI=1S/C13H13N3O4S/c14-9-10-3-1-2-4-13(10)15-21(19,20)12-7-5-11(6-8-12)16(17)18/h1-8,15H,9,14H2. The largest absolute Gasteiger partial charge is 0.326 e. The molecule has 0 aliphatic heterocycles. The van der Waals surface area contributed by atoms with Gasteiger partial charge < -0.3 is 5.73 Å². The molecule has 21 heavy (non-hydrogen) atoms. The summed E-state index contributed by atoms with van der Waals surface area (Å²) < 4.78 is 26.9. The van der Waals surface area contributed by atoms with Crippen molar-refractivity contribution in [1.82, 2.24) is 0 Å². The molecule has 0 unspecified atom stereocenters. The predicted octanol–water partition coefficient (Wildman–Crippen LogP) is 1.85. The Morgan fingerprint density at radius 3 is 2.29 bits per heavy atom. The Balaban J connectivity index is 2.32. The van der Waals surface area contributed by atoms with Gasteiger partial charge in [-0.2, -0.15) is 0 Å². The minimum Gasteiger partial charge on any atom is -0.326 e. The molecule has 0 radical (unpaired) electrons. The van der Waals surface area contributed by atoms with Crippen molar-refractivity contribution in [2.24, 2.45) is 5.73 Å². The Labute approximate surface area is 121 Å². The van der Waals surface area contributed by atoms with Crippen LogP contribution in [0.1, 0.15) is 5.56 Å². The van der Waals surface area contributed by atoms with Crippen LogP contribution in [0.5, 0.6) is 0 Å². The van der Waals surface area contributed by atoms with Crippen LogP contribution in [0.4, 0.5) is 11.4 Å². The van der Waals surface area contributed by atoms with Gasteiger partial charge in [0.25, 0.3) is 15.7 Å². The number of nitrogens with zero attached hydrogens (tertiary/aromatic N) is 1. The minimum absolute atomic E-state index is 0.0556. The van der Waals surface area contributed by atoms with Crippen LogP contribution in [-0.4, -0.2) is 13.3 Å². The third-order valence-corrected chi connectivity index (χ3v) is 4.22. The number of nitro benzene ring substituents is 1. The molecule has 0 spiro atoms. The van der Waals surface area contributed by atoms with E-state index in [1.165, 1.54) is 12.1 Å². The summed E-state index contributed by atoms with van der Waals surface area (Å²) in [6, 6.07) is 11.4. The van der Waals surface area contributed by atoms with Crippen LogP contribution in [0.15, 0.2) is 53.4 Å². The van der Waals surface area contributed by atoms with Gasteiger partial charge >= 0.3 is 0 Å². The van der Waals surface area contributed by atoms with Crippen LogP contribution in [0.25, 0.3) is 0 Å². The molecular formula is C13H13N3O4S. The number of non-ortho nitro benzene ring substituents is 1. The molecule has 0 amide bonds. The Kier molecular flexibility index (Phi) is 4.20. The molecule has 7 nitrogen and oxygen atoms in total. The van der Waals surface area contributed by atoms with Gasteiger partial charge in [-0.05, 0) is 23.8 Å². The molecular weight excluding hydrogens is 294 g/mol. The zero-order chi connectivity index (χ0) is 15.5. The first-order valence-corrected chi connectivity index (χ1v) is 7.47. The van der Waals surface area contributed by atoms with E-state index in [9.17, 15) is 18.5 Å². The van der Waals surface area contributed by atoms with Crippen molar-refractivity contribution in [1.29, 1.82) is 0 Å². The van der Waals surface area contributed by atoms with E-state index < -0.39 is 14.9 Å². The summed E-state index contributed by atoms with van der Waals surface area (Å²) in [6.07, 6.45) is 0. The predicted molar refractivity (Wildman–Crippen MR) is 78.2 cm³/mol. The summed E-state index contributed by atoms with van der Waals surface area (Å²) in [4.78, 5) is 9.92. The number of para-hydroxylation sites is 1. The van der Waals surface area contributed by atoms with E-state index in [1.807, 2.05) is 0 Å². The van der Waals surface area contributed by atoms with E-state index >= 15 is 0 Å². The van der Waals surface area contributed by atoms with E-state index in [1.54, 1.807) is 24.3 Å². The number of rotatable bonds is 5. The zero-order valence-corrected chi connectivity index (χ0v) is 11.7. The second-order valence-electron chi connectivity index (χ2n) is 4.22. The number of anilines is 1. The molecule has 2 aromatic rings. The molecule has 0 atom stereocenters. The van der Waals surface area contributed by atoms with Crippen LogP contribution < -0.4 is 10.5 Å². The molecule has 2 rings (SSSR count). The molecule has 0 aliphatic carbocycles. The van der Waals surface area contributed by atoms with Crippen LogP contribution in [0.2, 0.25) is 0 Å². The van der Waals surface area contributed by atoms with E-state index in [4.69, 9.17) is 5.73 Å². The van der Waals surface area contributed by atoms with E-state index in [0.29, 0.717) is 11.3 Å². The first-order valence-electron chi connectivity index (χ1n) is 5.99. The molecule has 0 fully saturated rings. The maximum atomic E-state index is 12.2. The lowest BCUT2D eigenvalue weighted by Gasteiger charge is -2.11. The monoisotopic (exact) mass is 307 g/mol. The third kappa shape index (κ3) is 3.36. The first-order chi connectivity index (χ1) is 9.94. The van der Waals surface area contributed by atoms with E-state index in [2.05, 4.69) is 4.72 Å². The average Bonchev–Trinajstić information content (AvgIpc) is 2.47. The van der Waals surface area contributed by atoms with Gasteiger partial charge in [-0.1, -0.05) is 18.2 Å². The van der Waals surface area contributed by atoms with Crippen LogP contribution >= 0.6 is 0 Å². The number of nitrogens with one attached hydrogen (secondary N) is 1. The van der Waals surface area contributed by atoms with E-state index in [-0.39, 0.29) is 17.1 Å². The number of hydrogen-bond donors (Lipinski definition) is 2. The van der Waals surface area contributed by atoms with Crippen LogP contribution in [0.3, 0.4) is 0 Å². The summed E-state index contributed by atoms with van der Waals surface area (Å²) in [7, 11) is -3.82. The Bertz CT molecular complexity index is 757. The molecule has 8 heteroatoms. The van der Waals surface area contributed by atoms with Crippen molar-refractivity contribution < 1.29 is 13.3 Å². The van der Waals surface area contributed by atoms with Crippen LogP contribution in [0, 0.1) is 10.1 Å². The van der Waals surface area contributed by atoms with Crippen molar-refractivity contribution in [2.75, 3.05) is 4.72 Å². The van der Waals surface area contributed by atoms with Crippen molar-refractivity contribution in [2.45, 2.75) is 11.4 Å². The molecule has 110 valence electrons. The normalized spacial score (nSPS) is 11.1. The number of nitro groups is 1. The highest BCUT2D eigenvalue weighted by Crippen LogP contribution is 2.21. The van der Waals surface area contributed by atoms with Gasteiger partial charge in [0, 0.05) is 18.7 Å². The number of nitrogens with two attached hydrogens (primary N) is 1. The lowest BCUT2D eigenvalue weighted by atomic mass is 10.2. The summed E-state index contributed by atoms with van der Waals surface area (Å²) in [5, 5.41) is 10.6. The fraction of sp³-hybridized carbons (Fsp3) is 0.0769. The number of benzene rings is 2. The summed E-state index contributed by atoms with van der Waals surface area (Å²) in [5.74, 6) is 0. The van der Waals surface area contributed by atoms with Gasteiger partial charge in [-0.15, -0.1) is 0 Å². The van der Waals surface area contributed by atoms with Gasteiger partial charge in [-0.25, -0.2) is 8.42 Å². The summed E-state index contributed by atoms with van der Waals surface area (Å²) in [5.41, 5.74) is 6.42. The van der Waals surface area contributed by atoms with Gasteiger partial charge in [0.15, 0.2) is 0 Å². The SMILES string of the molecule is NCc1ccccc1NS(=O)(=O)c1ccc([N+](=O)[O-])cc1. The maximum Gasteiger partial charge on any atom is 0.269 e. The minimum atomic E-state index is -3.82. The van der Waals surface area contributed by atoms with Gasteiger partial charge in [0.1, 0.15) is 0 Å². The van der Waals surface area contributed by atoms with Crippen molar-refractivity contribution in [3.05, 3.63) is 64.2 Å². The Hall–Kier alpha value is -2.45. The number of hydrogen-bond acceptors (Lipinski definition) is 5. The van der Waals surface area contributed by atoms with Crippen LogP contribution in [-0.2, 0) is 16.6 Å². The van der Waals surface area contributed by atoms with Gasteiger partial charge in [0.05, 0.1) is 15.5 Å². The fourth-order valence-electron chi connectivity index (χ4n) is 1.75. The highest BCUT2D eigenvalue weighted by molar-refractivity contribution is 7.92. The van der Waals surface area contributed by atoms with Crippen molar-refractivity contribution >= 4 is 21.4 Å². The van der Waals surface area contributed by atoms with Gasteiger partial charge in [0.2, 0.25) is 0 Å². The third-order valence-electron chi connectivity index (χ3n) is 2.84. The molecule has 0 aliphatic rings. The second kappa shape index (κ2) is 5.90. The molecule has 2 aromatic carbocycles. The molecule has 3 N–H and O–H groups in total. The van der Waals surface area contributed by atoms with Crippen molar-refractivity contribution in [3.63, 3.8) is 0 Å². The highest BCUT2D eigenvalue weighted by atomic mass is 32.2. The molecule has 0 bridgehead atoms. The molecule has 0 saturated carbocycles. The fourth-order valence-corrected chi connectivity index (χ4v) is 2.85. The maximum absolute atomic E-state index is 12.2. The number of sulfonamides is 1. The lowest BCUT2D eigenvalue weighted by molar-refractivity contribution is -0.384. The zero-order valence-electron chi connectivity index (χ0n) is 10.9. The lowest BCUT2D eigenvalue weighted by Crippen LogP contribution is -2.15. The topological polar surface area (TPSA) is 115 Å². The van der Waals surface area contributed by atoms with Crippen molar-refractivity contribution in [3.8, 4) is 0 Å². The quantitative estimate of drug-likeness (QED) is 0.646. The Morgan fingerprint density at radius 1 is 1.10 bits per heavy atom. The highest BCUT2D eigenvalue weighted by Gasteiger charge is 2.17. The molecule has 0 heterocycles. The van der Waals surface area contributed by atoms with E-state index in [0.717, 1.165) is 12.1 Å². The molecule has 0 aromatic heterocycles. The summed E-state index contributed by atoms with van der Waals surface area (Å²) >= 11 is 0. The molecule has 0 saturated heterocycles. The first kappa shape index (κ1) is 14.9. The smallest absolute Gasteiger partial charge is 0.269 e. The average molecular weight is 307 g/mol.